The van der Waals surface area contributed by atoms with Crippen LogP contribution in [0.15, 0.2) is 48.0 Å². The quantitative estimate of drug-likeness (QED) is 0.528. The Bertz CT molecular complexity index is 1160. The lowest BCUT2D eigenvalue weighted by atomic mass is 9.67. The van der Waals surface area contributed by atoms with E-state index in [-0.39, 0.29) is 24.0 Å². The Kier molecular flexibility index (Phi) is 6.27. The molecule has 3 heterocycles. The minimum Gasteiger partial charge on any atom is -0.395 e. The van der Waals surface area contributed by atoms with Gasteiger partial charge in [-0.25, -0.2) is 0 Å². The summed E-state index contributed by atoms with van der Waals surface area (Å²) in [7, 11) is 0. The SMILES string of the molecule is O=C(c1ccc(-c2cc(-c3ccnc(C4(CO)CCC4)c3)cs2)c(Cl)c1)N1CCC(O)CC1. The van der Waals surface area contributed by atoms with E-state index in [1.54, 1.807) is 22.3 Å². The summed E-state index contributed by atoms with van der Waals surface area (Å²) in [5.41, 5.74) is 4.43. The van der Waals surface area contributed by atoms with Gasteiger partial charge in [-0.2, -0.15) is 0 Å². The molecule has 1 saturated carbocycles. The number of aromatic nitrogens is 1. The Morgan fingerprint density at radius 1 is 1.15 bits per heavy atom. The van der Waals surface area contributed by atoms with E-state index in [0.717, 1.165) is 46.5 Å². The van der Waals surface area contributed by atoms with E-state index in [0.29, 0.717) is 36.5 Å². The molecule has 5 nitrogen and oxygen atoms in total. The van der Waals surface area contributed by atoms with Crippen molar-refractivity contribution in [2.45, 2.75) is 43.6 Å². The molecule has 0 unspecified atom stereocenters. The van der Waals surface area contributed by atoms with E-state index in [4.69, 9.17) is 11.6 Å². The van der Waals surface area contributed by atoms with E-state index >= 15 is 0 Å². The lowest BCUT2D eigenvalue weighted by Crippen LogP contribution is -2.40. The number of aliphatic hydroxyl groups is 2. The molecule has 0 radical (unpaired) electrons. The summed E-state index contributed by atoms with van der Waals surface area (Å²) in [5.74, 6) is -0.0414. The van der Waals surface area contributed by atoms with Crippen LogP contribution in [0.2, 0.25) is 5.02 Å². The van der Waals surface area contributed by atoms with Crippen molar-refractivity contribution in [3.05, 3.63) is 64.3 Å². The lowest BCUT2D eigenvalue weighted by Gasteiger charge is -2.39. The number of aliphatic hydroxyl groups excluding tert-OH is 2. The maximum atomic E-state index is 12.8. The first kappa shape index (κ1) is 22.5. The second-order valence-electron chi connectivity index (χ2n) is 9.14. The van der Waals surface area contributed by atoms with Gasteiger partial charge in [-0.3, -0.25) is 9.78 Å². The number of likely N-dealkylation sites (tertiary alicyclic amines) is 1. The van der Waals surface area contributed by atoms with Crippen molar-refractivity contribution in [3.8, 4) is 21.6 Å². The van der Waals surface area contributed by atoms with Gasteiger partial charge in [0.2, 0.25) is 0 Å². The van der Waals surface area contributed by atoms with Crippen LogP contribution >= 0.6 is 22.9 Å². The van der Waals surface area contributed by atoms with Gasteiger partial charge in [0.1, 0.15) is 0 Å². The Hall–Kier alpha value is -2.25. The van der Waals surface area contributed by atoms with Gasteiger partial charge in [0, 0.05) is 46.4 Å². The molecule has 0 bridgehead atoms. The van der Waals surface area contributed by atoms with Crippen LogP contribution in [0, 0.1) is 0 Å². The largest absolute Gasteiger partial charge is 0.395 e. The molecular weight excluding hydrogens is 456 g/mol. The third-order valence-corrected chi connectivity index (χ3v) is 8.36. The zero-order valence-corrected chi connectivity index (χ0v) is 19.9. The molecule has 0 atom stereocenters. The van der Waals surface area contributed by atoms with Crippen LogP contribution in [0.25, 0.3) is 21.6 Å². The number of carbonyl (C=O) groups excluding carboxylic acids is 1. The molecule has 5 rings (SSSR count). The summed E-state index contributed by atoms with van der Waals surface area (Å²) < 4.78 is 0. The Morgan fingerprint density at radius 3 is 2.61 bits per heavy atom. The van der Waals surface area contributed by atoms with Crippen LogP contribution in [0.3, 0.4) is 0 Å². The van der Waals surface area contributed by atoms with E-state index in [1.165, 1.54) is 0 Å². The molecule has 33 heavy (non-hydrogen) atoms. The molecule has 7 heteroatoms. The molecule has 1 aliphatic heterocycles. The fourth-order valence-corrected chi connectivity index (χ4v) is 6.02. The number of rotatable bonds is 5. The number of pyridine rings is 1. The number of thiophene rings is 1. The van der Waals surface area contributed by atoms with Crippen molar-refractivity contribution in [3.63, 3.8) is 0 Å². The first-order valence-electron chi connectivity index (χ1n) is 11.4. The summed E-state index contributed by atoms with van der Waals surface area (Å²) in [4.78, 5) is 20.2. The topological polar surface area (TPSA) is 73.7 Å². The second kappa shape index (κ2) is 9.18. The lowest BCUT2D eigenvalue weighted by molar-refractivity contribution is 0.0546. The van der Waals surface area contributed by atoms with Crippen LogP contribution in [0.4, 0.5) is 0 Å². The Morgan fingerprint density at radius 2 is 1.94 bits per heavy atom. The number of hydrogen-bond acceptors (Lipinski definition) is 5. The molecule has 1 amide bonds. The minimum absolute atomic E-state index is 0.0414. The summed E-state index contributed by atoms with van der Waals surface area (Å²) in [5, 5.41) is 22.2. The maximum Gasteiger partial charge on any atom is 0.253 e. The van der Waals surface area contributed by atoms with Crippen LogP contribution in [0.5, 0.6) is 0 Å². The standard InChI is InChI=1S/C26H27ClN2O3S/c27-22-12-18(25(32)29-10-5-20(31)6-11-29)2-3-21(22)23-13-19(15-33-23)17-4-9-28-24(14-17)26(16-30)7-1-8-26/h2-4,9,12-15,20,30-31H,1,5-8,10-11,16H2. The fourth-order valence-electron chi connectivity index (χ4n) is 4.73. The third-order valence-electron chi connectivity index (χ3n) is 7.08. The molecule has 3 aromatic rings. The Balaban J connectivity index is 1.36. The highest BCUT2D eigenvalue weighted by molar-refractivity contribution is 7.14. The highest BCUT2D eigenvalue weighted by Gasteiger charge is 2.39. The van der Waals surface area contributed by atoms with Crippen molar-refractivity contribution in [2.24, 2.45) is 0 Å². The highest BCUT2D eigenvalue weighted by atomic mass is 35.5. The van der Waals surface area contributed by atoms with Gasteiger partial charge in [-0.15, -0.1) is 11.3 Å². The predicted molar refractivity (Wildman–Crippen MR) is 132 cm³/mol. The molecule has 2 N–H and O–H groups in total. The van der Waals surface area contributed by atoms with Gasteiger partial charge in [-0.05, 0) is 72.5 Å². The third kappa shape index (κ3) is 4.33. The van der Waals surface area contributed by atoms with Crippen molar-refractivity contribution in [1.29, 1.82) is 0 Å². The average molecular weight is 483 g/mol. The van der Waals surface area contributed by atoms with Gasteiger partial charge in [-0.1, -0.05) is 24.1 Å². The zero-order chi connectivity index (χ0) is 23.0. The molecule has 1 aliphatic carbocycles. The number of amides is 1. The van der Waals surface area contributed by atoms with Crippen molar-refractivity contribution in [2.75, 3.05) is 19.7 Å². The van der Waals surface area contributed by atoms with E-state index in [9.17, 15) is 15.0 Å². The normalized spacial score (nSPS) is 18.2. The highest BCUT2D eigenvalue weighted by Crippen LogP contribution is 2.44. The van der Waals surface area contributed by atoms with E-state index in [2.05, 4.69) is 22.5 Å². The summed E-state index contributed by atoms with van der Waals surface area (Å²) in [6.07, 6.45) is 5.84. The van der Waals surface area contributed by atoms with Gasteiger partial charge in [0.15, 0.2) is 0 Å². The molecule has 2 fully saturated rings. The molecular formula is C26H27ClN2O3S. The smallest absolute Gasteiger partial charge is 0.253 e. The summed E-state index contributed by atoms with van der Waals surface area (Å²) >= 11 is 8.23. The number of hydrogen-bond donors (Lipinski definition) is 2. The minimum atomic E-state index is -0.313. The number of halogens is 1. The number of carbonyl (C=O) groups is 1. The van der Waals surface area contributed by atoms with Gasteiger partial charge in [0.05, 0.1) is 17.7 Å². The summed E-state index contributed by atoms with van der Waals surface area (Å²) in [6, 6.07) is 11.7. The molecule has 1 saturated heterocycles. The first-order chi connectivity index (χ1) is 16.0. The fraction of sp³-hybridized carbons (Fsp3) is 0.385. The average Bonchev–Trinajstić information content (AvgIpc) is 3.29. The monoisotopic (exact) mass is 482 g/mol. The molecule has 0 spiro atoms. The van der Waals surface area contributed by atoms with Crippen molar-refractivity contribution in [1.82, 2.24) is 9.88 Å². The van der Waals surface area contributed by atoms with E-state index < -0.39 is 0 Å². The number of nitrogens with zero attached hydrogens (tertiary/aromatic N) is 2. The number of piperidine rings is 1. The van der Waals surface area contributed by atoms with Crippen LogP contribution < -0.4 is 0 Å². The maximum absolute atomic E-state index is 12.8. The first-order valence-corrected chi connectivity index (χ1v) is 12.7. The Labute approximate surface area is 202 Å². The van der Waals surface area contributed by atoms with Gasteiger partial charge >= 0.3 is 0 Å². The van der Waals surface area contributed by atoms with Gasteiger partial charge < -0.3 is 15.1 Å². The van der Waals surface area contributed by atoms with Crippen LogP contribution in [-0.2, 0) is 5.41 Å². The second-order valence-corrected chi connectivity index (χ2v) is 10.5. The van der Waals surface area contributed by atoms with E-state index in [1.807, 2.05) is 24.4 Å². The molecule has 1 aromatic carbocycles. The predicted octanol–water partition coefficient (Wildman–Crippen LogP) is 5.14. The number of benzene rings is 1. The van der Waals surface area contributed by atoms with Crippen LogP contribution in [-0.4, -0.2) is 51.8 Å². The van der Waals surface area contributed by atoms with Crippen molar-refractivity contribution >= 4 is 28.8 Å². The summed E-state index contributed by atoms with van der Waals surface area (Å²) in [6.45, 7) is 1.27. The van der Waals surface area contributed by atoms with Crippen LogP contribution in [0.1, 0.15) is 48.2 Å². The zero-order valence-electron chi connectivity index (χ0n) is 18.3. The molecule has 2 aromatic heterocycles. The molecule has 172 valence electrons. The van der Waals surface area contributed by atoms with Gasteiger partial charge in [0.25, 0.3) is 5.91 Å². The van der Waals surface area contributed by atoms with Crippen molar-refractivity contribution < 1.29 is 15.0 Å². The molecule has 2 aliphatic rings.